The third-order valence-corrected chi connectivity index (χ3v) is 7.11. The Morgan fingerprint density at radius 2 is 1.93 bits per heavy atom. The fraction of sp³-hybridized carbons (Fsp3) is 0.350. The molecule has 0 radical (unpaired) electrons. The number of piperidine rings is 1. The van der Waals surface area contributed by atoms with Gasteiger partial charge in [0.15, 0.2) is 0 Å². The molecule has 1 atom stereocenters. The van der Waals surface area contributed by atoms with Crippen LogP contribution in [0.5, 0.6) is 5.75 Å². The monoisotopic (exact) mass is 422 g/mol. The highest BCUT2D eigenvalue weighted by molar-refractivity contribution is 7.89. The van der Waals surface area contributed by atoms with E-state index >= 15 is 0 Å². The number of sulfonamides is 1. The molecule has 1 aliphatic rings. The Hall–Kier alpha value is -2.09. The molecule has 150 valence electrons. The average Bonchev–Trinajstić information content (AvgIpc) is 2.73. The number of methoxy groups -OCH3 is 1. The van der Waals surface area contributed by atoms with Gasteiger partial charge in [-0.15, -0.1) is 0 Å². The zero-order chi connectivity index (χ0) is 20.1. The van der Waals surface area contributed by atoms with E-state index in [-0.39, 0.29) is 23.3 Å². The highest BCUT2D eigenvalue weighted by Crippen LogP contribution is 2.25. The number of hydrogen-bond acceptors (Lipinski definition) is 4. The molecular weight excluding hydrogens is 400 g/mol. The Kier molecular flexibility index (Phi) is 6.59. The molecule has 1 amide bonds. The molecule has 2 aromatic rings. The average molecular weight is 423 g/mol. The molecule has 1 fully saturated rings. The summed E-state index contributed by atoms with van der Waals surface area (Å²) in [7, 11) is -2.12. The molecule has 1 saturated heterocycles. The van der Waals surface area contributed by atoms with Crippen molar-refractivity contribution in [3.8, 4) is 5.75 Å². The first-order valence-corrected chi connectivity index (χ1v) is 10.9. The lowest BCUT2D eigenvalue weighted by molar-refractivity contribution is -0.126. The maximum atomic E-state index is 12.9. The molecule has 0 unspecified atom stereocenters. The van der Waals surface area contributed by atoms with Gasteiger partial charge in [0.1, 0.15) is 5.75 Å². The van der Waals surface area contributed by atoms with Crippen LogP contribution >= 0.6 is 11.6 Å². The van der Waals surface area contributed by atoms with Crippen LogP contribution in [0.3, 0.4) is 0 Å². The van der Waals surface area contributed by atoms with Crippen LogP contribution in [0, 0.1) is 5.92 Å². The van der Waals surface area contributed by atoms with E-state index in [0.29, 0.717) is 36.7 Å². The van der Waals surface area contributed by atoms with Crippen molar-refractivity contribution in [3.63, 3.8) is 0 Å². The molecule has 0 bridgehead atoms. The second kappa shape index (κ2) is 8.94. The predicted molar refractivity (Wildman–Crippen MR) is 108 cm³/mol. The molecule has 0 aliphatic carbocycles. The van der Waals surface area contributed by atoms with Gasteiger partial charge in [-0.1, -0.05) is 29.8 Å². The predicted octanol–water partition coefficient (Wildman–Crippen LogP) is 3.07. The third kappa shape index (κ3) is 4.66. The highest BCUT2D eigenvalue weighted by Gasteiger charge is 2.33. The van der Waals surface area contributed by atoms with Crippen molar-refractivity contribution >= 4 is 27.5 Å². The quantitative estimate of drug-likeness (QED) is 0.776. The van der Waals surface area contributed by atoms with Crippen molar-refractivity contribution in [2.75, 3.05) is 20.2 Å². The number of rotatable bonds is 6. The Balaban J connectivity index is 1.65. The molecule has 0 aromatic heterocycles. The van der Waals surface area contributed by atoms with E-state index in [1.165, 1.54) is 23.5 Å². The van der Waals surface area contributed by atoms with Crippen molar-refractivity contribution in [3.05, 3.63) is 59.1 Å². The molecule has 2 aromatic carbocycles. The summed E-state index contributed by atoms with van der Waals surface area (Å²) in [6.45, 7) is 0.894. The van der Waals surface area contributed by atoms with Crippen LogP contribution in [0.4, 0.5) is 0 Å². The van der Waals surface area contributed by atoms with E-state index in [9.17, 15) is 13.2 Å². The standard InChI is InChI=1S/C20H23ClN2O4S/c1-27-17-8-10-18(11-9-17)28(25,26)23-12-4-6-16(14-23)20(24)22-13-15-5-2-3-7-19(15)21/h2-3,5,7-11,16H,4,6,12-14H2,1H3,(H,22,24)/t16-/m0/s1. The number of amides is 1. The zero-order valence-corrected chi connectivity index (χ0v) is 17.2. The minimum absolute atomic E-state index is 0.158. The number of carbonyl (C=O) groups excluding carboxylic acids is 1. The smallest absolute Gasteiger partial charge is 0.243 e. The first kappa shape index (κ1) is 20.6. The van der Waals surface area contributed by atoms with Gasteiger partial charge in [-0.2, -0.15) is 4.31 Å². The summed E-state index contributed by atoms with van der Waals surface area (Å²) in [5.74, 6) is 0.0493. The molecular formula is C20H23ClN2O4S. The van der Waals surface area contributed by atoms with Crippen LogP contribution in [-0.4, -0.2) is 38.8 Å². The maximum Gasteiger partial charge on any atom is 0.243 e. The summed E-state index contributed by atoms with van der Waals surface area (Å²) < 4.78 is 32.3. The van der Waals surface area contributed by atoms with Crippen molar-refractivity contribution < 1.29 is 17.9 Å². The number of halogens is 1. The van der Waals surface area contributed by atoms with E-state index in [1.54, 1.807) is 18.2 Å². The summed E-state index contributed by atoms with van der Waals surface area (Å²) in [5, 5.41) is 3.47. The normalized spacial score (nSPS) is 17.9. The van der Waals surface area contributed by atoms with Gasteiger partial charge < -0.3 is 10.1 Å². The van der Waals surface area contributed by atoms with Crippen molar-refractivity contribution in [1.82, 2.24) is 9.62 Å². The van der Waals surface area contributed by atoms with Gasteiger partial charge in [0.05, 0.1) is 17.9 Å². The van der Waals surface area contributed by atoms with Crippen molar-refractivity contribution in [2.24, 2.45) is 5.92 Å². The van der Waals surface area contributed by atoms with Crippen LogP contribution in [-0.2, 0) is 21.4 Å². The number of benzene rings is 2. The number of hydrogen-bond donors (Lipinski definition) is 1. The number of ether oxygens (including phenoxy) is 1. The molecule has 6 nitrogen and oxygen atoms in total. The van der Waals surface area contributed by atoms with E-state index in [1.807, 2.05) is 18.2 Å². The summed E-state index contributed by atoms with van der Waals surface area (Å²) in [6, 6.07) is 13.6. The molecule has 0 saturated carbocycles. The summed E-state index contributed by atoms with van der Waals surface area (Å²) in [5.41, 5.74) is 0.830. The van der Waals surface area contributed by atoms with Gasteiger partial charge in [-0.3, -0.25) is 4.79 Å². The van der Waals surface area contributed by atoms with Crippen LogP contribution in [0.15, 0.2) is 53.4 Å². The topological polar surface area (TPSA) is 75.7 Å². The second-order valence-corrected chi connectivity index (χ2v) is 9.03. The van der Waals surface area contributed by atoms with Crippen LogP contribution in [0.1, 0.15) is 18.4 Å². The second-order valence-electron chi connectivity index (χ2n) is 6.69. The van der Waals surface area contributed by atoms with E-state index < -0.39 is 10.0 Å². The maximum absolute atomic E-state index is 12.9. The zero-order valence-electron chi connectivity index (χ0n) is 15.6. The molecule has 1 heterocycles. The van der Waals surface area contributed by atoms with Crippen LogP contribution in [0.25, 0.3) is 0 Å². The molecule has 0 spiro atoms. The molecule has 1 N–H and O–H groups in total. The Morgan fingerprint density at radius 1 is 1.21 bits per heavy atom. The van der Waals surface area contributed by atoms with Crippen LogP contribution in [0.2, 0.25) is 5.02 Å². The summed E-state index contributed by atoms with van der Waals surface area (Å²) >= 11 is 6.12. The van der Waals surface area contributed by atoms with Gasteiger partial charge in [0.2, 0.25) is 15.9 Å². The number of carbonyl (C=O) groups is 1. The fourth-order valence-electron chi connectivity index (χ4n) is 3.24. The Bertz CT molecular complexity index is 931. The lowest BCUT2D eigenvalue weighted by atomic mass is 9.99. The first-order chi connectivity index (χ1) is 13.4. The van der Waals surface area contributed by atoms with Crippen molar-refractivity contribution in [2.45, 2.75) is 24.3 Å². The molecule has 28 heavy (non-hydrogen) atoms. The SMILES string of the molecule is COc1ccc(S(=O)(=O)N2CCC[C@H](C(=O)NCc3ccccc3Cl)C2)cc1. The lowest BCUT2D eigenvalue weighted by Crippen LogP contribution is -2.45. The minimum Gasteiger partial charge on any atom is -0.497 e. The van der Waals surface area contributed by atoms with E-state index in [4.69, 9.17) is 16.3 Å². The van der Waals surface area contributed by atoms with Gasteiger partial charge in [-0.25, -0.2) is 8.42 Å². The number of nitrogens with zero attached hydrogens (tertiary/aromatic N) is 1. The van der Waals surface area contributed by atoms with Gasteiger partial charge in [0.25, 0.3) is 0 Å². The largest absolute Gasteiger partial charge is 0.497 e. The highest BCUT2D eigenvalue weighted by atomic mass is 35.5. The summed E-state index contributed by atoms with van der Waals surface area (Å²) in [4.78, 5) is 12.8. The fourth-order valence-corrected chi connectivity index (χ4v) is 4.97. The Morgan fingerprint density at radius 3 is 2.61 bits per heavy atom. The van der Waals surface area contributed by atoms with E-state index in [0.717, 1.165) is 5.56 Å². The molecule has 8 heteroatoms. The number of nitrogens with one attached hydrogen (secondary N) is 1. The summed E-state index contributed by atoms with van der Waals surface area (Å²) in [6.07, 6.45) is 1.29. The lowest BCUT2D eigenvalue weighted by Gasteiger charge is -2.31. The molecule has 3 rings (SSSR count). The first-order valence-electron chi connectivity index (χ1n) is 9.07. The Labute approximate surface area is 170 Å². The van der Waals surface area contributed by atoms with Gasteiger partial charge in [0, 0.05) is 24.7 Å². The minimum atomic E-state index is -3.65. The van der Waals surface area contributed by atoms with E-state index in [2.05, 4.69) is 5.32 Å². The van der Waals surface area contributed by atoms with Gasteiger partial charge in [-0.05, 0) is 48.7 Å². The molecule has 1 aliphatic heterocycles. The van der Waals surface area contributed by atoms with Crippen molar-refractivity contribution in [1.29, 1.82) is 0 Å². The van der Waals surface area contributed by atoms with Crippen LogP contribution < -0.4 is 10.1 Å². The van der Waals surface area contributed by atoms with Gasteiger partial charge >= 0.3 is 0 Å². The third-order valence-electron chi connectivity index (χ3n) is 4.86.